The van der Waals surface area contributed by atoms with Crippen LogP contribution in [0.5, 0.6) is 5.75 Å². The summed E-state index contributed by atoms with van der Waals surface area (Å²) < 4.78 is 5.50. The molecule has 0 aliphatic heterocycles. The van der Waals surface area contributed by atoms with Gasteiger partial charge >= 0.3 is 0 Å². The van der Waals surface area contributed by atoms with Crippen LogP contribution < -0.4 is 15.4 Å². The lowest BCUT2D eigenvalue weighted by Crippen LogP contribution is -2.38. The van der Waals surface area contributed by atoms with Crippen LogP contribution in [-0.4, -0.2) is 63.0 Å². The van der Waals surface area contributed by atoms with Gasteiger partial charge in [0.05, 0.1) is 13.2 Å². The second kappa shape index (κ2) is 13.9. The Hall–Kier alpha value is -2.33. The van der Waals surface area contributed by atoms with Gasteiger partial charge in [0.15, 0.2) is 5.96 Å². The average molecular weight is 539 g/mol. The molecule has 2 rings (SSSR count). The van der Waals surface area contributed by atoms with Crippen LogP contribution in [0.1, 0.15) is 18.1 Å². The topological polar surface area (TPSA) is 69.2 Å². The molecule has 0 aromatic heterocycles. The number of carbonyl (C=O) groups excluding carboxylic acids is 1. The zero-order chi connectivity index (χ0) is 21.9. The Morgan fingerprint density at radius 3 is 2.39 bits per heavy atom. The van der Waals surface area contributed by atoms with E-state index in [1.54, 1.807) is 7.05 Å². The zero-order valence-corrected chi connectivity index (χ0v) is 21.3. The minimum absolute atomic E-state index is 0. The first-order valence-corrected chi connectivity index (χ1v) is 10.1. The van der Waals surface area contributed by atoms with Crippen molar-refractivity contribution in [1.29, 1.82) is 0 Å². The van der Waals surface area contributed by atoms with E-state index in [9.17, 15) is 4.79 Å². The molecule has 31 heavy (non-hydrogen) atoms. The molecule has 8 heteroatoms. The molecule has 0 saturated heterocycles. The molecule has 0 spiro atoms. The van der Waals surface area contributed by atoms with E-state index < -0.39 is 0 Å². The summed E-state index contributed by atoms with van der Waals surface area (Å²) in [5.74, 6) is 1.64. The molecule has 170 valence electrons. The van der Waals surface area contributed by atoms with Crippen LogP contribution in [0.4, 0.5) is 5.69 Å². The monoisotopic (exact) mass is 539 g/mol. The predicted octanol–water partition coefficient (Wildman–Crippen LogP) is 3.41. The first-order valence-electron chi connectivity index (χ1n) is 10.1. The summed E-state index contributed by atoms with van der Waals surface area (Å²) in [4.78, 5) is 20.3. The molecule has 0 saturated carbocycles. The highest BCUT2D eigenvalue weighted by Gasteiger charge is 2.08. The van der Waals surface area contributed by atoms with Crippen molar-refractivity contribution in [3.8, 4) is 5.75 Å². The fourth-order valence-corrected chi connectivity index (χ4v) is 3.02. The summed E-state index contributed by atoms with van der Waals surface area (Å²) in [6, 6.07) is 15.9. The van der Waals surface area contributed by atoms with E-state index in [-0.39, 0.29) is 29.9 Å². The molecule has 0 aliphatic carbocycles. The molecule has 0 unspecified atom stereocenters. The number of halogens is 1. The van der Waals surface area contributed by atoms with Gasteiger partial charge in [-0.2, -0.15) is 0 Å². The highest BCUT2D eigenvalue weighted by atomic mass is 127. The second-order valence-electron chi connectivity index (χ2n) is 7.32. The van der Waals surface area contributed by atoms with Crippen molar-refractivity contribution < 1.29 is 9.53 Å². The number of nitrogens with zero attached hydrogens (tertiary/aromatic N) is 3. The summed E-state index contributed by atoms with van der Waals surface area (Å²) in [6.45, 7) is 4.33. The van der Waals surface area contributed by atoms with Gasteiger partial charge in [0.2, 0.25) is 5.91 Å². The van der Waals surface area contributed by atoms with E-state index in [1.807, 2.05) is 69.4 Å². The molecule has 2 aromatic rings. The van der Waals surface area contributed by atoms with Crippen LogP contribution in [0.2, 0.25) is 0 Å². The Labute approximate surface area is 202 Å². The van der Waals surface area contributed by atoms with Crippen molar-refractivity contribution >= 4 is 41.5 Å². The molecular weight excluding hydrogens is 505 g/mol. The molecule has 2 aromatic carbocycles. The third-order valence-electron chi connectivity index (χ3n) is 4.35. The SMILES string of the molecule is CCOc1ccc(CN(C)C(=NC)NCc2cccc(NC(=O)CN(C)C)c2)cc1.I. The van der Waals surface area contributed by atoms with Gasteiger partial charge in [-0.1, -0.05) is 24.3 Å². The number of hydrogen-bond acceptors (Lipinski definition) is 4. The van der Waals surface area contributed by atoms with Crippen molar-refractivity contribution in [2.45, 2.75) is 20.0 Å². The van der Waals surface area contributed by atoms with Gasteiger partial charge in [-0.15, -0.1) is 24.0 Å². The Bertz CT molecular complexity index is 840. The maximum absolute atomic E-state index is 12.0. The van der Waals surface area contributed by atoms with Crippen LogP contribution in [-0.2, 0) is 17.9 Å². The average Bonchev–Trinajstić information content (AvgIpc) is 2.70. The number of ether oxygens (including phenoxy) is 1. The van der Waals surface area contributed by atoms with Gasteiger partial charge in [-0.25, -0.2) is 0 Å². The van der Waals surface area contributed by atoms with Crippen molar-refractivity contribution in [2.75, 3.05) is 46.7 Å². The fraction of sp³-hybridized carbons (Fsp3) is 0.391. The van der Waals surface area contributed by atoms with Crippen molar-refractivity contribution in [2.24, 2.45) is 4.99 Å². The van der Waals surface area contributed by atoms with Gasteiger partial charge in [-0.3, -0.25) is 9.79 Å². The predicted molar refractivity (Wildman–Crippen MR) is 138 cm³/mol. The van der Waals surface area contributed by atoms with E-state index in [0.717, 1.165) is 29.5 Å². The molecule has 2 N–H and O–H groups in total. The molecule has 1 amide bonds. The number of likely N-dealkylation sites (N-methyl/N-ethyl adjacent to an activating group) is 1. The number of rotatable bonds is 9. The number of nitrogens with one attached hydrogen (secondary N) is 2. The molecular formula is C23H34IN5O2. The third-order valence-corrected chi connectivity index (χ3v) is 4.35. The largest absolute Gasteiger partial charge is 0.494 e. The minimum Gasteiger partial charge on any atom is -0.494 e. The maximum atomic E-state index is 12.0. The number of benzene rings is 2. The number of guanidine groups is 1. The van der Waals surface area contributed by atoms with Crippen molar-refractivity contribution in [1.82, 2.24) is 15.1 Å². The van der Waals surface area contributed by atoms with E-state index in [0.29, 0.717) is 19.7 Å². The molecule has 7 nitrogen and oxygen atoms in total. The highest BCUT2D eigenvalue weighted by molar-refractivity contribution is 14.0. The van der Waals surface area contributed by atoms with E-state index in [2.05, 4.69) is 32.7 Å². The van der Waals surface area contributed by atoms with E-state index >= 15 is 0 Å². The van der Waals surface area contributed by atoms with Gasteiger partial charge in [0, 0.05) is 32.9 Å². The van der Waals surface area contributed by atoms with Crippen LogP contribution >= 0.6 is 24.0 Å². The Morgan fingerprint density at radius 1 is 1.06 bits per heavy atom. The lowest BCUT2D eigenvalue weighted by Gasteiger charge is -2.22. The quantitative estimate of drug-likeness (QED) is 0.291. The summed E-state index contributed by atoms with van der Waals surface area (Å²) >= 11 is 0. The van der Waals surface area contributed by atoms with E-state index in [4.69, 9.17) is 4.74 Å². The first-order chi connectivity index (χ1) is 14.4. The molecule has 0 aliphatic rings. The number of hydrogen-bond donors (Lipinski definition) is 2. The Balaban J connectivity index is 0.00000480. The van der Waals surface area contributed by atoms with Crippen molar-refractivity contribution in [3.05, 3.63) is 59.7 Å². The normalized spacial score (nSPS) is 11.0. The van der Waals surface area contributed by atoms with Crippen LogP contribution in [0, 0.1) is 0 Å². The van der Waals surface area contributed by atoms with Crippen molar-refractivity contribution in [3.63, 3.8) is 0 Å². The number of amides is 1. The lowest BCUT2D eigenvalue weighted by atomic mass is 10.2. The third kappa shape index (κ3) is 9.56. The summed E-state index contributed by atoms with van der Waals surface area (Å²) in [5.41, 5.74) is 3.03. The Kier molecular flexibility index (Phi) is 11.9. The molecule has 0 radical (unpaired) electrons. The second-order valence-corrected chi connectivity index (χ2v) is 7.32. The number of anilines is 1. The number of carbonyl (C=O) groups is 1. The highest BCUT2D eigenvalue weighted by Crippen LogP contribution is 2.14. The smallest absolute Gasteiger partial charge is 0.238 e. The van der Waals surface area contributed by atoms with Gasteiger partial charge in [0.25, 0.3) is 0 Å². The van der Waals surface area contributed by atoms with Gasteiger partial charge in [0.1, 0.15) is 5.75 Å². The summed E-state index contributed by atoms with van der Waals surface area (Å²) in [5, 5.41) is 6.31. The molecule has 0 heterocycles. The van der Waals surface area contributed by atoms with Crippen LogP contribution in [0.25, 0.3) is 0 Å². The first kappa shape index (κ1) is 26.7. The summed E-state index contributed by atoms with van der Waals surface area (Å²) in [6.07, 6.45) is 0. The standard InChI is InChI=1S/C23H33N5O2.HI/c1-6-30-21-12-10-18(11-13-21)16-28(5)23(24-2)25-15-19-8-7-9-20(14-19)26-22(29)17-27(3)4;/h7-14H,6,15-17H2,1-5H3,(H,24,25)(H,26,29);1H. The van der Waals surface area contributed by atoms with Gasteiger partial charge in [-0.05, 0) is 56.4 Å². The summed E-state index contributed by atoms with van der Waals surface area (Å²) in [7, 11) is 7.52. The van der Waals surface area contributed by atoms with E-state index in [1.165, 1.54) is 5.56 Å². The Morgan fingerprint density at radius 2 is 1.77 bits per heavy atom. The number of aliphatic imine (C=N–C) groups is 1. The van der Waals surface area contributed by atoms with Crippen LogP contribution in [0.3, 0.4) is 0 Å². The minimum atomic E-state index is -0.0315. The lowest BCUT2D eigenvalue weighted by molar-refractivity contribution is -0.116. The molecule has 0 fully saturated rings. The maximum Gasteiger partial charge on any atom is 0.238 e. The van der Waals surface area contributed by atoms with Gasteiger partial charge < -0.3 is 25.2 Å². The zero-order valence-electron chi connectivity index (χ0n) is 19.0. The fourth-order valence-electron chi connectivity index (χ4n) is 3.02. The molecule has 0 atom stereocenters. The van der Waals surface area contributed by atoms with Crippen LogP contribution in [0.15, 0.2) is 53.5 Å². The molecule has 0 bridgehead atoms.